The van der Waals surface area contributed by atoms with E-state index in [-0.39, 0.29) is 0 Å². The standard InChI is InChI=1S/C11H23NO/c1-3-8-13-11-7-5-6-10(9-11)12-4-2/h10-12H,3-9H2,1-2H3. The molecule has 1 aliphatic rings. The third-order valence-corrected chi connectivity index (χ3v) is 2.68. The van der Waals surface area contributed by atoms with Crippen LogP contribution in [0.1, 0.15) is 46.0 Å². The quantitative estimate of drug-likeness (QED) is 0.710. The first-order chi connectivity index (χ1) is 6.36. The SMILES string of the molecule is CCCOC1CCCC(NCC)C1. The molecular formula is C11H23NO. The number of hydrogen-bond acceptors (Lipinski definition) is 2. The van der Waals surface area contributed by atoms with Crippen LogP contribution in [0.4, 0.5) is 0 Å². The highest BCUT2D eigenvalue weighted by molar-refractivity contribution is 4.77. The molecule has 1 saturated carbocycles. The van der Waals surface area contributed by atoms with Crippen molar-refractivity contribution in [1.29, 1.82) is 0 Å². The molecule has 1 fully saturated rings. The van der Waals surface area contributed by atoms with Crippen molar-refractivity contribution in [2.24, 2.45) is 0 Å². The van der Waals surface area contributed by atoms with Gasteiger partial charge in [0, 0.05) is 12.6 Å². The zero-order valence-corrected chi connectivity index (χ0v) is 9.01. The van der Waals surface area contributed by atoms with Gasteiger partial charge >= 0.3 is 0 Å². The summed E-state index contributed by atoms with van der Waals surface area (Å²) in [5.74, 6) is 0. The van der Waals surface area contributed by atoms with Crippen LogP contribution in [0.2, 0.25) is 0 Å². The Balaban J connectivity index is 2.16. The van der Waals surface area contributed by atoms with Gasteiger partial charge in [-0.05, 0) is 38.6 Å². The maximum Gasteiger partial charge on any atom is 0.0590 e. The van der Waals surface area contributed by atoms with Gasteiger partial charge in [-0.15, -0.1) is 0 Å². The van der Waals surface area contributed by atoms with Crippen LogP contribution in [-0.2, 0) is 4.74 Å². The maximum absolute atomic E-state index is 5.77. The molecular weight excluding hydrogens is 162 g/mol. The predicted octanol–water partition coefficient (Wildman–Crippen LogP) is 2.33. The van der Waals surface area contributed by atoms with Gasteiger partial charge in [0.2, 0.25) is 0 Å². The lowest BCUT2D eigenvalue weighted by Gasteiger charge is -2.29. The van der Waals surface area contributed by atoms with Gasteiger partial charge in [0.05, 0.1) is 6.10 Å². The van der Waals surface area contributed by atoms with E-state index < -0.39 is 0 Å². The summed E-state index contributed by atoms with van der Waals surface area (Å²) in [7, 11) is 0. The minimum atomic E-state index is 0.526. The summed E-state index contributed by atoms with van der Waals surface area (Å²) in [4.78, 5) is 0. The Morgan fingerprint density at radius 1 is 1.31 bits per heavy atom. The Morgan fingerprint density at radius 2 is 2.15 bits per heavy atom. The van der Waals surface area contributed by atoms with Crippen molar-refractivity contribution >= 4 is 0 Å². The van der Waals surface area contributed by atoms with Crippen LogP contribution in [0, 0.1) is 0 Å². The lowest BCUT2D eigenvalue weighted by atomic mass is 9.93. The van der Waals surface area contributed by atoms with E-state index in [4.69, 9.17) is 4.74 Å². The van der Waals surface area contributed by atoms with Crippen molar-refractivity contribution < 1.29 is 4.74 Å². The number of hydrogen-bond donors (Lipinski definition) is 1. The zero-order valence-electron chi connectivity index (χ0n) is 9.01. The van der Waals surface area contributed by atoms with Gasteiger partial charge in [0.15, 0.2) is 0 Å². The first kappa shape index (κ1) is 11.0. The second kappa shape index (κ2) is 6.39. The first-order valence-corrected chi connectivity index (χ1v) is 5.71. The smallest absolute Gasteiger partial charge is 0.0590 e. The lowest BCUT2D eigenvalue weighted by Crippen LogP contribution is -2.36. The largest absolute Gasteiger partial charge is 0.378 e. The average molecular weight is 185 g/mol. The lowest BCUT2D eigenvalue weighted by molar-refractivity contribution is 0.0202. The molecule has 0 heterocycles. The van der Waals surface area contributed by atoms with Gasteiger partial charge in [-0.1, -0.05) is 13.8 Å². The van der Waals surface area contributed by atoms with Crippen molar-refractivity contribution in [3.63, 3.8) is 0 Å². The second-order valence-electron chi connectivity index (χ2n) is 3.91. The average Bonchev–Trinajstić information content (AvgIpc) is 2.16. The second-order valence-corrected chi connectivity index (χ2v) is 3.91. The molecule has 13 heavy (non-hydrogen) atoms. The molecule has 2 atom stereocenters. The summed E-state index contributed by atoms with van der Waals surface area (Å²) in [5, 5.41) is 3.51. The minimum Gasteiger partial charge on any atom is -0.378 e. The van der Waals surface area contributed by atoms with Gasteiger partial charge in [0.1, 0.15) is 0 Å². The van der Waals surface area contributed by atoms with Crippen LogP contribution in [0.5, 0.6) is 0 Å². The van der Waals surface area contributed by atoms with Gasteiger partial charge in [-0.25, -0.2) is 0 Å². The van der Waals surface area contributed by atoms with Crippen LogP contribution in [0.15, 0.2) is 0 Å². The third kappa shape index (κ3) is 4.10. The summed E-state index contributed by atoms with van der Waals surface area (Å²) >= 11 is 0. The predicted molar refractivity (Wildman–Crippen MR) is 56.0 cm³/mol. The van der Waals surface area contributed by atoms with Crippen LogP contribution in [-0.4, -0.2) is 25.3 Å². The van der Waals surface area contributed by atoms with E-state index in [0.29, 0.717) is 12.1 Å². The van der Waals surface area contributed by atoms with Crippen LogP contribution >= 0.6 is 0 Å². The normalized spacial score (nSPS) is 29.1. The monoisotopic (exact) mass is 185 g/mol. The molecule has 0 aliphatic heterocycles. The highest BCUT2D eigenvalue weighted by atomic mass is 16.5. The molecule has 1 rings (SSSR count). The summed E-state index contributed by atoms with van der Waals surface area (Å²) < 4.78 is 5.77. The van der Waals surface area contributed by atoms with E-state index in [1.54, 1.807) is 0 Å². The molecule has 0 aromatic heterocycles. The van der Waals surface area contributed by atoms with Crippen molar-refractivity contribution in [2.75, 3.05) is 13.2 Å². The summed E-state index contributed by atoms with van der Waals surface area (Å²) in [6.45, 7) is 6.37. The molecule has 0 amide bonds. The molecule has 2 heteroatoms. The number of nitrogens with one attached hydrogen (secondary N) is 1. The molecule has 0 radical (unpaired) electrons. The Hall–Kier alpha value is -0.0800. The van der Waals surface area contributed by atoms with Gasteiger partial charge < -0.3 is 10.1 Å². The van der Waals surface area contributed by atoms with E-state index >= 15 is 0 Å². The van der Waals surface area contributed by atoms with Crippen molar-refractivity contribution in [3.05, 3.63) is 0 Å². The van der Waals surface area contributed by atoms with Gasteiger partial charge in [0.25, 0.3) is 0 Å². The molecule has 2 nitrogen and oxygen atoms in total. The fourth-order valence-corrected chi connectivity index (χ4v) is 2.05. The number of rotatable bonds is 5. The van der Waals surface area contributed by atoms with E-state index in [1.165, 1.54) is 25.7 Å². The van der Waals surface area contributed by atoms with E-state index in [2.05, 4.69) is 19.2 Å². The van der Waals surface area contributed by atoms with Crippen molar-refractivity contribution in [1.82, 2.24) is 5.32 Å². The van der Waals surface area contributed by atoms with Gasteiger partial charge in [-0.3, -0.25) is 0 Å². The van der Waals surface area contributed by atoms with Crippen LogP contribution < -0.4 is 5.32 Å². The highest BCUT2D eigenvalue weighted by Gasteiger charge is 2.21. The van der Waals surface area contributed by atoms with Gasteiger partial charge in [-0.2, -0.15) is 0 Å². The topological polar surface area (TPSA) is 21.3 Å². The molecule has 0 bridgehead atoms. The van der Waals surface area contributed by atoms with E-state index in [9.17, 15) is 0 Å². The summed E-state index contributed by atoms with van der Waals surface area (Å²) in [5.41, 5.74) is 0. The fraction of sp³-hybridized carbons (Fsp3) is 1.00. The molecule has 0 aromatic carbocycles. The Morgan fingerprint density at radius 3 is 2.85 bits per heavy atom. The van der Waals surface area contributed by atoms with Crippen LogP contribution in [0.3, 0.4) is 0 Å². The number of ether oxygens (including phenoxy) is 1. The zero-order chi connectivity index (χ0) is 9.52. The van der Waals surface area contributed by atoms with Crippen LogP contribution in [0.25, 0.3) is 0 Å². The molecule has 0 saturated heterocycles. The Labute approximate surface area is 82.0 Å². The Kier molecular flexibility index (Phi) is 5.40. The Bertz CT molecular complexity index is 125. The maximum atomic E-state index is 5.77. The minimum absolute atomic E-state index is 0.526. The van der Waals surface area contributed by atoms with E-state index in [1.807, 2.05) is 0 Å². The third-order valence-electron chi connectivity index (χ3n) is 2.68. The summed E-state index contributed by atoms with van der Waals surface area (Å²) in [6, 6.07) is 0.709. The molecule has 2 unspecified atom stereocenters. The molecule has 0 aromatic rings. The fourth-order valence-electron chi connectivity index (χ4n) is 2.05. The molecule has 78 valence electrons. The molecule has 1 N–H and O–H groups in total. The highest BCUT2D eigenvalue weighted by Crippen LogP contribution is 2.21. The molecule has 1 aliphatic carbocycles. The molecule has 0 spiro atoms. The van der Waals surface area contributed by atoms with Crippen molar-refractivity contribution in [3.8, 4) is 0 Å². The van der Waals surface area contributed by atoms with E-state index in [0.717, 1.165) is 19.6 Å². The summed E-state index contributed by atoms with van der Waals surface area (Å²) in [6.07, 6.45) is 6.81. The first-order valence-electron chi connectivity index (χ1n) is 5.71. The van der Waals surface area contributed by atoms with Crippen molar-refractivity contribution in [2.45, 2.75) is 58.1 Å².